The summed E-state index contributed by atoms with van der Waals surface area (Å²) in [5, 5.41) is 6.78. The number of benzene rings is 2. The summed E-state index contributed by atoms with van der Waals surface area (Å²) in [7, 11) is 1.36. The van der Waals surface area contributed by atoms with Crippen molar-refractivity contribution in [3.8, 4) is 0 Å². The van der Waals surface area contributed by atoms with Crippen LogP contribution in [0.15, 0.2) is 60.7 Å². The van der Waals surface area contributed by atoms with Gasteiger partial charge in [-0.1, -0.05) is 60.7 Å². The lowest BCUT2D eigenvalue weighted by atomic mass is 10.1. The normalized spacial score (nSPS) is 11.0. The Labute approximate surface area is 162 Å². The quantitative estimate of drug-likeness (QED) is 0.619. The third-order valence-electron chi connectivity index (χ3n) is 3.69. The molecule has 4 amide bonds. The molecule has 1 unspecified atom stereocenters. The van der Waals surface area contributed by atoms with Crippen LogP contribution in [-0.2, 0) is 25.5 Å². The molecule has 0 aliphatic carbocycles. The highest BCUT2D eigenvalue weighted by atomic mass is 16.5. The second kappa shape index (κ2) is 10.5. The monoisotopic (exact) mass is 383 g/mol. The van der Waals surface area contributed by atoms with E-state index in [-0.39, 0.29) is 12.3 Å². The van der Waals surface area contributed by atoms with Crippen molar-refractivity contribution in [2.75, 3.05) is 13.6 Å². The van der Waals surface area contributed by atoms with Gasteiger partial charge in [-0.05, 0) is 5.56 Å². The molecule has 8 nitrogen and oxygen atoms in total. The fourth-order valence-corrected chi connectivity index (χ4v) is 2.33. The van der Waals surface area contributed by atoms with Crippen LogP contribution in [-0.4, -0.2) is 37.4 Å². The van der Waals surface area contributed by atoms with E-state index in [1.807, 2.05) is 18.2 Å². The van der Waals surface area contributed by atoms with Crippen LogP contribution in [0.1, 0.15) is 17.2 Å². The Morgan fingerprint density at radius 1 is 0.929 bits per heavy atom. The fourth-order valence-electron chi connectivity index (χ4n) is 2.33. The first-order valence-corrected chi connectivity index (χ1v) is 8.57. The summed E-state index contributed by atoms with van der Waals surface area (Å²) in [6, 6.07) is 16.6. The van der Waals surface area contributed by atoms with E-state index in [1.165, 1.54) is 7.05 Å². The lowest BCUT2D eigenvalue weighted by Crippen LogP contribution is -2.42. The number of ether oxygens (including phenoxy) is 1. The van der Waals surface area contributed by atoms with E-state index in [9.17, 15) is 19.2 Å². The predicted molar refractivity (Wildman–Crippen MR) is 101 cm³/mol. The van der Waals surface area contributed by atoms with E-state index in [2.05, 4.69) is 16.0 Å². The molecule has 0 spiro atoms. The molecule has 0 heterocycles. The maximum atomic E-state index is 12.3. The zero-order valence-electron chi connectivity index (χ0n) is 15.3. The molecule has 1 atom stereocenters. The summed E-state index contributed by atoms with van der Waals surface area (Å²) in [4.78, 5) is 47.7. The van der Waals surface area contributed by atoms with Gasteiger partial charge in [-0.2, -0.15) is 0 Å². The van der Waals surface area contributed by atoms with Crippen LogP contribution >= 0.6 is 0 Å². The number of urea groups is 1. The van der Waals surface area contributed by atoms with Crippen molar-refractivity contribution in [2.24, 2.45) is 0 Å². The van der Waals surface area contributed by atoms with Gasteiger partial charge in [0.2, 0.25) is 12.0 Å². The van der Waals surface area contributed by atoms with Crippen LogP contribution in [0.5, 0.6) is 0 Å². The smallest absolute Gasteiger partial charge is 0.326 e. The molecular weight excluding hydrogens is 362 g/mol. The number of nitrogens with one attached hydrogen (secondary N) is 3. The van der Waals surface area contributed by atoms with Crippen LogP contribution < -0.4 is 16.0 Å². The maximum Gasteiger partial charge on any atom is 0.326 e. The van der Waals surface area contributed by atoms with Gasteiger partial charge in [0.1, 0.15) is 6.54 Å². The number of esters is 1. The van der Waals surface area contributed by atoms with Crippen LogP contribution in [0.4, 0.5) is 4.79 Å². The topological polar surface area (TPSA) is 114 Å². The number of imide groups is 1. The molecule has 2 aromatic rings. The van der Waals surface area contributed by atoms with Crippen LogP contribution in [0.25, 0.3) is 0 Å². The van der Waals surface area contributed by atoms with E-state index < -0.39 is 30.6 Å². The largest absolute Gasteiger partial charge is 0.446 e. The molecule has 146 valence electrons. The Balaban J connectivity index is 1.95. The molecule has 3 N–H and O–H groups in total. The molecule has 0 aliphatic rings. The van der Waals surface area contributed by atoms with E-state index in [0.717, 1.165) is 5.56 Å². The number of carbonyl (C=O) groups is 4. The van der Waals surface area contributed by atoms with Gasteiger partial charge in [0.25, 0.3) is 5.91 Å². The first-order chi connectivity index (χ1) is 13.5. The van der Waals surface area contributed by atoms with Gasteiger partial charge in [0, 0.05) is 12.6 Å². The van der Waals surface area contributed by atoms with Gasteiger partial charge in [-0.25, -0.2) is 4.79 Å². The van der Waals surface area contributed by atoms with Gasteiger partial charge < -0.3 is 15.4 Å². The van der Waals surface area contributed by atoms with E-state index in [0.29, 0.717) is 5.56 Å². The Hall–Kier alpha value is -3.68. The average Bonchev–Trinajstić information content (AvgIpc) is 2.71. The van der Waals surface area contributed by atoms with Gasteiger partial charge >= 0.3 is 12.0 Å². The first-order valence-electron chi connectivity index (χ1n) is 8.57. The number of hydrogen-bond acceptors (Lipinski definition) is 5. The highest BCUT2D eigenvalue weighted by Gasteiger charge is 2.26. The lowest BCUT2D eigenvalue weighted by Gasteiger charge is -2.17. The van der Waals surface area contributed by atoms with Gasteiger partial charge in [0.05, 0.1) is 6.42 Å². The zero-order valence-corrected chi connectivity index (χ0v) is 15.3. The van der Waals surface area contributed by atoms with Gasteiger partial charge in [-0.15, -0.1) is 0 Å². The molecule has 2 aromatic carbocycles. The zero-order chi connectivity index (χ0) is 20.4. The van der Waals surface area contributed by atoms with E-state index >= 15 is 0 Å². The maximum absolute atomic E-state index is 12.3. The summed E-state index contributed by atoms with van der Waals surface area (Å²) < 4.78 is 5.20. The van der Waals surface area contributed by atoms with Crippen LogP contribution in [0.2, 0.25) is 0 Å². The highest BCUT2D eigenvalue weighted by Crippen LogP contribution is 2.17. The first kappa shape index (κ1) is 20.6. The molecule has 2 rings (SSSR count). The Morgan fingerprint density at radius 3 is 2.14 bits per heavy atom. The molecule has 0 saturated heterocycles. The lowest BCUT2D eigenvalue weighted by molar-refractivity contribution is -0.155. The standard InChI is InChI=1S/C20H21N3O5/c1-21-20(27)23-19(26)18(15-10-6-3-7-11-15)28-17(25)13-22-16(24)12-14-8-4-2-5-9-14/h2-11,18H,12-13H2,1H3,(H,22,24)(H2,21,23,26,27). The van der Waals surface area contributed by atoms with E-state index in [1.54, 1.807) is 42.5 Å². The molecular formula is C20H21N3O5. The summed E-state index contributed by atoms with van der Waals surface area (Å²) in [6.45, 7) is -0.401. The third kappa shape index (κ3) is 6.56. The van der Waals surface area contributed by atoms with Crippen molar-refractivity contribution in [1.82, 2.24) is 16.0 Å². The molecule has 0 aromatic heterocycles. The van der Waals surface area contributed by atoms with Crippen molar-refractivity contribution < 1.29 is 23.9 Å². The molecule has 8 heteroatoms. The molecule has 0 radical (unpaired) electrons. The molecule has 0 aliphatic heterocycles. The summed E-state index contributed by atoms with van der Waals surface area (Å²) in [5.74, 6) is -1.95. The van der Waals surface area contributed by atoms with Crippen LogP contribution in [0.3, 0.4) is 0 Å². The number of amides is 4. The van der Waals surface area contributed by atoms with Crippen molar-refractivity contribution in [1.29, 1.82) is 0 Å². The minimum atomic E-state index is -1.32. The van der Waals surface area contributed by atoms with E-state index in [4.69, 9.17) is 4.74 Å². The minimum absolute atomic E-state index is 0.118. The Bertz CT molecular complexity index is 824. The SMILES string of the molecule is CNC(=O)NC(=O)C(OC(=O)CNC(=O)Cc1ccccc1)c1ccccc1. The van der Waals surface area contributed by atoms with Crippen molar-refractivity contribution in [3.63, 3.8) is 0 Å². The second-order valence-corrected chi connectivity index (χ2v) is 5.79. The van der Waals surface area contributed by atoms with Crippen molar-refractivity contribution in [3.05, 3.63) is 71.8 Å². The Morgan fingerprint density at radius 2 is 1.54 bits per heavy atom. The van der Waals surface area contributed by atoms with Gasteiger partial charge in [-0.3, -0.25) is 19.7 Å². The predicted octanol–water partition coefficient (Wildman–Crippen LogP) is 1.09. The highest BCUT2D eigenvalue weighted by molar-refractivity contribution is 5.97. The van der Waals surface area contributed by atoms with Gasteiger partial charge in [0.15, 0.2) is 0 Å². The van der Waals surface area contributed by atoms with Crippen molar-refractivity contribution >= 4 is 23.8 Å². The molecule has 0 fully saturated rings. The van der Waals surface area contributed by atoms with Crippen molar-refractivity contribution in [2.45, 2.75) is 12.5 Å². The Kier molecular flexibility index (Phi) is 7.71. The number of rotatable bonds is 7. The summed E-state index contributed by atoms with van der Waals surface area (Å²) in [6.07, 6.45) is -1.20. The minimum Gasteiger partial charge on any atom is -0.446 e. The molecule has 28 heavy (non-hydrogen) atoms. The summed E-state index contributed by atoms with van der Waals surface area (Å²) in [5.41, 5.74) is 1.20. The average molecular weight is 383 g/mol. The number of hydrogen-bond donors (Lipinski definition) is 3. The fraction of sp³-hybridized carbons (Fsp3) is 0.200. The summed E-state index contributed by atoms with van der Waals surface area (Å²) >= 11 is 0. The number of carbonyl (C=O) groups excluding carboxylic acids is 4. The van der Waals surface area contributed by atoms with Crippen LogP contribution in [0, 0.1) is 0 Å². The second-order valence-electron chi connectivity index (χ2n) is 5.79. The molecule has 0 saturated carbocycles. The third-order valence-corrected chi connectivity index (χ3v) is 3.69. The molecule has 0 bridgehead atoms.